The Morgan fingerprint density at radius 2 is 1.62 bits per heavy atom. The molecule has 120 valence electrons. The molecule has 8 nitrogen and oxygen atoms in total. The molecule has 21 heavy (non-hydrogen) atoms. The second kappa shape index (κ2) is 5.78. The normalized spacial score (nSPS) is 37.8. The summed E-state index contributed by atoms with van der Waals surface area (Å²) in [5.41, 5.74) is -4.81. The predicted molar refractivity (Wildman–Crippen MR) is 71.2 cm³/mol. The first-order chi connectivity index (χ1) is 9.50. The summed E-state index contributed by atoms with van der Waals surface area (Å²) in [4.78, 5) is 33.9. The Morgan fingerprint density at radius 3 is 1.86 bits per heavy atom. The fraction of sp³-hybridized carbons (Fsp3) is 0.846. The van der Waals surface area contributed by atoms with E-state index in [1.165, 1.54) is 7.11 Å². The molecule has 0 aliphatic heterocycles. The molecule has 2 N–H and O–H groups in total. The number of nitro groups is 1. The maximum absolute atomic E-state index is 11.8. The van der Waals surface area contributed by atoms with Crippen molar-refractivity contribution in [3.63, 3.8) is 0 Å². The first-order valence-electron chi connectivity index (χ1n) is 6.63. The van der Waals surface area contributed by atoms with Gasteiger partial charge in [-0.05, 0) is 39.5 Å². The highest BCUT2D eigenvalue weighted by Gasteiger charge is 2.67. The van der Waals surface area contributed by atoms with Crippen LogP contribution in [0.5, 0.6) is 0 Å². The molecular formula is C13H21NO7. The zero-order valence-corrected chi connectivity index (χ0v) is 12.5. The minimum Gasteiger partial charge on any atom is -0.381 e. The molecule has 1 saturated carbocycles. The number of hydrogen-bond acceptors (Lipinski definition) is 7. The highest BCUT2D eigenvalue weighted by atomic mass is 16.6. The molecule has 0 aromatic heterocycles. The van der Waals surface area contributed by atoms with E-state index in [9.17, 15) is 29.9 Å². The molecule has 0 aromatic rings. The van der Waals surface area contributed by atoms with Gasteiger partial charge in [0.2, 0.25) is 0 Å². The number of nitrogens with zero attached hydrogens (tertiary/aromatic N) is 1. The van der Waals surface area contributed by atoms with Crippen molar-refractivity contribution in [2.24, 2.45) is 5.92 Å². The second-order valence-corrected chi connectivity index (χ2v) is 5.76. The topological polar surface area (TPSA) is 127 Å². The van der Waals surface area contributed by atoms with E-state index >= 15 is 0 Å². The summed E-state index contributed by atoms with van der Waals surface area (Å²) in [5.74, 6) is -2.26. The Kier molecular flexibility index (Phi) is 4.87. The van der Waals surface area contributed by atoms with Crippen LogP contribution in [0.1, 0.15) is 33.6 Å². The molecule has 1 aliphatic rings. The van der Waals surface area contributed by atoms with E-state index in [4.69, 9.17) is 4.74 Å². The number of aliphatic hydroxyl groups is 2. The molecule has 0 aromatic carbocycles. The van der Waals surface area contributed by atoms with Crippen LogP contribution in [0.3, 0.4) is 0 Å². The number of ketones is 2. The van der Waals surface area contributed by atoms with Crippen molar-refractivity contribution in [1.82, 2.24) is 0 Å². The van der Waals surface area contributed by atoms with Crippen LogP contribution in [0.25, 0.3) is 0 Å². The molecule has 1 aliphatic carbocycles. The van der Waals surface area contributed by atoms with Crippen LogP contribution in [0.2, 0.25) is 0 Å². The second-order valence-electron chi connectivity index (χ2n) is 5.76. The van der Waals surface area contributed by atoms with E-state index in [1.807, 2.05) is 0 Å². The SMILES string of the molecule is COC(C)C1C[C@@](O)(C(C)=O)C([N+](=O)[O-])[C@@](O)(C(C)=O)C1. The average Bonchev–Trinajstić information content (AvgIpc) is 2.35. The standard InChI is InChI=1S/C13H21NO7/c1-7(21-4)10-5-12(17,8(2)15)11(14(19)20)13(18,6-10)9(3)16/h7,10-11,17-18H,5-6H2,1-4H3/t7?,10?,11?,12-,13+. The van der Waals surface area contributed by atoms with Gasteiger partial charge in [-0.1, -0.05) is 0 Å². The van der Waals surface area contributed by atoms with Gasteiger partial charge in [-0.2, -0.15) is 0 Å². The fourth-order valence-electron chi connectivity index (χ4n) is 3.04. The Bertz CT molecular complexity index is 435. The molecule has 0 bridgehead atoms. The van der Waals surface area contributed by atoms with Crippen LogP contribution in [0.15, 0.2) is 0 Å². The Hall–Kier alpha value is -1.38. The molecule has 3 unspecified atom stereocenters. The maximum Gasteiger partial charge on any atom is 0.283 e. The van der Waals surface area contributed by atoms with Gasteiger partial charge in [-0.15, -0.1) is 0 Å². The van der Waals surface area contributed by atoms with Crippen molar-refractivity contribution in [3.05, 3.63) is 10.1 Å². The molecule has 5 atom stereocenters. The number of ether oxygens (including phenoxy) is 1. The lowest BCUT2D eigenvalue weighted by atomic mass is 9.62. The lowest BCUT2D eigenvalue weighted by Gasteiger charge is -2.46. The molecule has 1 rings (SSSR count). The minimum atomic E-state index is -2.40. The molecule has 0 amide bonds. The van der Waals surface area contributed by atoms with Gasteiger partial charge < -0.3 is 14.9 Å². The summed E-state index contributed by atoms with van der Waals surface area (Å²) in [5, 5.41) is 32.3. The number of carbonyl (C=O) groups excluding carboxylic acids is 2. The van der Waals surface area contributed by atoms with Crippen molar-refractivity contribution in [2.45, 2.75) is 57.0 Å². The van der Waals surface area contributed by atoms with Crippen molar-refractivity contribution in [1.29, 1.82) is 0 Å². The van der Waals surface area contributed by atoms with E-state index in [0.717, 1.165) is 13.8 Å². The summed E-state index contributed by atoms with van der Waals surface area (Å²) in [6.07, 6.45) is -0.952. The van der Waals surface area contributed by atoms with Crippen LogP contribution in [0, 0.1) is 16.0 Å². The first kappa shape index (κ1) is 17.7. The zero-order chi connectivity index (χ0) is 16.6. The summed E-state index contributed by atoms with van der Waals surface area (Å²) in [6, 6.07) is -2.08. The molecular weight excluding hydrogens is 282 g/mol. The van der Waals surface area contributed by atoms with Crippen LogP contribution < -0.4 is 0 Å². The summed E-state index contributed by atoms with van der Waals surface area (Å²) >= 11 is 0. The van der Waals surface area contributed by atoms with Crippen molar-refractivity contribution >= 4 is 11.6 Å². The molecule has 1 fully saturated rings. The molecule has 0 heterocycles. The third kappa shape index (κ3) is 2.83. The van der Waals surface area contributed by atoms with Crippen LogP contribution >= 0.6 is 0 Å². The van der Waals surface area contributed by atoms with Gasteiger partial charge >= 0.3 is 0 Å². The van der Waals surface area contributed by atoms with E-state index in [2.05, 4.69) is 0 Å². The Balaban J connectivity index is 3.43. The number of methoxy groups -OCH3 is 1. The number of rotatable bonds is 5. The third-order valence-corrected chi connectivity index (χ3v) is 4.52. The van der Waals surface area contributed by atoms with Crippen molar-refractivity contribution in [2.75, 3.05) is 7.11 Å². The highest BCUT2D eigenvalue weighted by Crippen LogP contribution is 2.43. The number of Topliss-reactive ketones (excluding diaryl/α,β-unsaturated/α-hetero) is 2. The van der Waals surface area contributed by atoms with Crippen molar-refractivity contribution < 1.29 is 29.5 Å². The summed E-state index contributed by atoms with van der Waals surface area (Å²) in [6.45, 7) is 3.67. The average molecular weight is 303 g/mol. The van der Waals surface area contributed by atoms with E-state index < -0.39 is 45.8 Å². The lowest BCUT2D eigenvalue weighted by molar-refractivity contribution is -0.565. The number of carbonyl (C=O) groups is 2. The first-order valence-corrected chi connectivity index (χ1v) is 6.63. The van der Waals surface area contributed by atoms with Crippen LogP contribution in [-0.2, 0) is 14.3 Å². The molecule has 0 radical (unpaired) electrons. The van der Waals surface area contributed by atoms with Gasteiger partial charge in [0.1, 0.15) is 0 Å². The third-order valence-electron chi connectivity index (χ3n) is 4.52. The number of hydrogen-bond donors (Lipinski definition) is 2. The Labute approximate surface area is 122 Å². The van der Waals surface area contributed by atoms with E-state index in [-0.39, 0.29) is 12.8 Å². The van der Waals surface area contributed by atoms with Gasteiger partial charge in [0, 0.05) is 12.0 Å². The zero-order valence-electron chi connectivity index (χ0n) is 12.5. The van der Waals surface area contributed by atoms with Gasteiger partial charge in [-0.3, -0.25) is 19.7 Å². The lowest BCUT2D eigenvalue weighted by Crippen LogP contribution is -2.70. The monoisotopic (exact) mass is 303 g/mol. The van der Waals surface area contributed by atoms with E-state index in [1.54, 1.807) is 6.92 Å². The van der Waals surface area contributed by atoms with Crippen LogP contribution in [0.4, 0.5) is 0 Å². The predicted octanol–water partition coefficient (Wildman–Crippen LogP) is -0.283. The fourth-order valence-corrected chi connectivity index (χ4v) is 3.04. The van der Waals surface area contributed by atoms with E-state index in [0.29, 0.717) is 0 Å². The molecule has 8 heteroatoms. The highest BCUT2D eigenvalue weighted by molar-refractivity contribution is 5.91. The maximum atomic E-state index is 11.8. The quantitative estimate of drug-likeness (QED) is 0.528. The van der Waals surface area contributed by atoms with Crippen molar-refractivity contribution in [3.8, 4) is 0 Å². The summed E-state index contributed by atoms with van der Waals surface area (Å²) in [7, 11) is 1.41. The largest absolute Gasteiger partial charge is 0.381 e. The van der Waals surface area contributed by atoms with Gasteiger partial charge in [0.25, 0.3) is 6.04 Å². The molecule has 0 saturated heterocycles. The van der Waals surface area contributed by atoms with Gasteiger partial charge in [0.15, 0.2) is 22.8 Å². The van der Waals surface area contributed by atoms with Gasteiger partial charge in [0.05, 0.1) is 6.10 Å². The smallest absolute Gasteiger partial charge is 0.283 e. The van der Waals surface area contributed by atoms with Crippen LogP contribution in [-0.4, -0.2) is 57.2 Å². The Morgan fingerprint density at radius 1 is 1.24 bits per heavy atom. The summed E-state index contributed by atoms with van der Waals surface area (Å²) < 4.78 is 5.12. The minimum absolute atomic E-state index is 0.238. The van der Waals surface area contributed by atoms with Gasteiger partial charge in [-0.25, -0.2) is 0 Å². The molecule has 0 spiro atoms.